The number of amides is 1. The van der Waals surface area contributed by atoms with Crippen molar-refractivity contribution in [3.63, 3.8) is 0 Å². The van der Waals surface area contributed by atoms with Crippen LogP contribution in [0.3, 0.4) is 0 Å². The Hall–Kier alpha value is -2.54. The standard InChI is InChI=1S/C19H23N5O2/c1-13-15-10-26-12-19(16(15)22-18(21-13)23(2)3)6-8-24(11-19)17(25)14-5-4-7-20-9-14/h4-5,7,9H,6,8,10-12H2,1-3H3. The quantitative estimate of drug-likeness (QED) is 0.816. The summed E-state index contributed by atoms with van der Waals surface area (Å²) in [6, 6.07) is 3.60. The Kier molecular flexibility index (Phi) is 4.11. The Labute approximate surface area is 153 Å². The van der Waals surface area contributed by atoms with Crippen molar-refractivity contribution in [2.75, 3.05) is 38.7 Å². The third-order valence-corrected chi connectivity index (χ3v) is 5.28. The van der Waals surface area contributed by atoms with Crippen molar-refractivity contribution in [1.82, 2.24) is 19.9 Å². The molecule has 1 amide bonds. The van der Waals surface area contributed by atoms with E-state index in [1.54, 1.807) is 18.5 Å². The molecule has 1 spiro atoms. The molecule has 4 rings (SSSR count). The van der Waals surface area contributed by atoms with Gasteiger partial charge in [-0.2, -0.15) is 0 Å². The highest BCUT2D eigenvalue weighted by Gasteiger charge is 2.47. The molecule has 4 heterocycles. The first-order valence-electron chi connectivity index (χ1n) is 8.82. The Bertz CT molecular complexity index is 839. The molecule has 2 aliphatic rings. The summed E-state index contributed by atoms with van der Waals surface area (Å²) in [5.74, 6) is 0.722. The molecule has 2 aromatic rings. The predicted molar refractivity (Wildman–Crippen MR) is 97.2 cm³/mol. The van der Waals surface area contributed by atoms with Crippen molar-refractivity contribution in [2.45, 2.75) is 25.4 Å². The number of aryl methyl sites for hydroxylation is 1. The van der Waals surface area contributed by atoms with Gasteiger partial charge >= 0.3 is 0 Å². The first-order chi connectivity index (χ1) is 12.5. The molecule has 136 valence electrons. The van der Waals surface area contributed by atoms with Crippen LogP contribution in [-0.2, 0) is 16.8 Å². The van der Waals surface area contributed by atoms with Crippen LogP contribution >= 0.6 is 0 Å². The van der Waals surface area contributed by atoms with Gasteiger partial charge in [-0.3, -0.25) is 9.78 Å². The Balaban J connectivity index is 1.68. The van der Waals surface area contributed by atoms with E-state index in [9.17, 15) is 4.79 Å². The molecule has 0 aromatic carbocycles. The van der Waals surface area contributed by atoms with Gasteiger partial charge in [0.25, 0.3) is 5.91 Å². The van der Waals surface area contributed by atoms with Gasteiger partial charge in [-0.05, 0) is 25.5 Å². The van der Waals surface area contributed by atoms with Crippen molar-refractivity contribution >= 4 is 11.9 Å². The first kappa shape index (κ1) is 16.9. The van der Waals surface area contributed by atoms with E-state index in [2.05, 4.69) is 9.97 Å². The zero-order valence-corrected chi connectivity index (χ0v) is 15.4. The van der Waals surface area contributed by atoms with Crippen LogP contribution in [0, 0.1) is 6.92 Å². The normalized spacial score (nSPS) is 21.7. The number of carbonyl (C=O) groups excluding carboxylic acids is 1. The number of ether oxygens (including phenoxy) is 1. The molecule has 1 atom stereocenters. The van der Waals surface area contributed by atoms with Gasteiger partial charge in [-0.1, -0.05) is 0 Å². The number of fused-ring (bicyclic) bond motifs is 2. The van der Waals surface area contributed by atoms with Crippen LogP contribution < -0.4 is 4.90 Å². The molecule has 1 saturated heterocycles. The average Bonchev–Trinajstić information content (AvgIpc) is 3.07. The minimum Gasteiger partial charge on any atom is -0.376 e. The number of hydrogen-bond acceptors (Lipinski definition) is 6. The molecule has 0 radical (unpaired) electrons. The van der Waals surface area contributed by atoms with Crippen LogP contribution in [-0.4, -0.2) is 59.6 Å². The van der Waals surface area contributed by atoms with E-state index in [1.165, 1.54) is 0 Å². The maximum atomic E-state index is 12.8. The van der Waals surface area contributed by atoms with Gasteiger partial charge in [0.05, 0.1) is 29.9 Å². The topological polar surface area (TPSA) is 71.5 Å². The predicted octanol–water partition coefficient (Wildman–Crippen LogP) is 1.56. The van der Waals surface area contributed by atoms with Crippen LogP contribution in [0.4, 0.5) is 5.95 Å². The fraction of sp³-hybridized carbons (Fsp3) is 0.474. The summed E-state index contributed by atoms with van der Waals surface area (Å²) in [5, 5.41) is 0. The second kappa shape index (κ2) is 6.32. The van der Waals surface area contributed by atoms with Crippen LogP contribution in [0.5, 0.6) is 0 Å². The lowest BCUT2D eigenvalue weighted by Crippen LogP contribution is -2.42. The lowest BCUT2D eigenvalue weighted by atomic mass is 9.80. The van der Waals surface area contributed by atoms with Gasteiger partial charge in [0, 0.05) is 50.8 Å². The molecule has 7 heteroatoms. The fourth-order valence-electron chi connectivity index (χ4n) is 3.84. The van der Waals surface area contributed by atoms with Crippen molar-refractivity contribution in [3.05, 3.63) is 47.0 Å². The molecule has 2 aliphatic heterocycles. The van der Waals surface area contributed by atoms with E-state index in [-0.39, 0.29) is 11.3 Å². The zero-order valence-electron chi connectivity index (χ0n) is 15.4. The van der Waals surface area contributed by atoms with Gasteiger partial charge in [0.1, 0.15) is 0 Å². The molecule has 26 heavy (non-hydrogen) atoms. The molecule has 1 fully saturated rings. The van der Waals surface area contributed by atoms with E-state index >= 15 is 0 Å². The van der Waals surface area contributed by atoms with E-state index in [1.807, 2.05) is 36.9 Å². The maximum Gasteiger partial charge on any atom is 0.255 e. The molecule has 2 aromatic heterocycles. The SMILES string of the molecule is Cc1nc(N(C)C)nc2c1COCC21CCN(C(=O)c2cccnc2)C1. The molecular formula is C19H23N5O2. The molecule has 1 unspecified atom stereocenters. The molecule has 0 bridgehead atoms. The van der Waals surface area contributed by atoms with Gasteiger partial charge < -0.3 is 14.5 Å². The zero-order chi connectivity index (χ0) is 18.3. The molecular weight excluding hydrogens is 330 g/mol. The van der Waals surface area contributed by atoms with Crippen LogP contribution in [0.1, 0.15) is 33.7 Å². The van der Waals surface area contributed by atoms with E-state index < -0.39 is 0 Å². The summed E-state index contributed by atoms with van der Waals surface area (Å²) >= 11 is 0. The lowest BCUT2D eigenvalue weighted by Gasteiger charge is -2.35. The average molecular weight is 353 g/mol. The van der Waals surface area contributed by atoms with E-state index in [4.69, 9.17) is 9.72 Å². The highest BCUT2D eigenvalue weighted by Crippen LogP contribution is 2.40. The molecule has 0 saturated carbocycles. The van der Waals surface area contributed by atoms with Gasteiger partial charge in [-0.15, -0.1) is 0 Å². The molecule has 0 N–H and O–H groups in total. The number of nitrogens with zero attached hydrogens (tertiary/aromatic N) is 5. The summed E-state index contributed by atoms with van der Waals surface area (Å²) < 4.78 is 5.90. The largest absolute Gasteiger partial charge is 0.376 e. The summed E-state index contributed by atoms with van der Waals surface area (Å²) in [7, 11) is 3.89. The third-order valence-electron chi connectivity index (χ3n) is 5.28. The first-order valence-corrected chi connectivity index (χ1v) is 8.82. The van der Waals surface area contributed by atoms with Crippen molar-refractivity contribution < 1.29 is 9.53 Å². The number of pyridine rings is 1. The molecule has 7 nitrogen and oxygen atoms in total. The maximum absolute atomic E-state index is 12.8. The Morgan fingerprint density at radius 3 is 2.92 bits per heavy atom. The monoisotopic (exact) mass is 353 g/mol. The minimum atomic E-state index is -0.260. The number of carbonyl (C=O) groups is 1. The number of anilines is 1. The van der Waals surface area contributed by atoms with Crippen LogP contribution in [0.25, 0.3) is 0 Å². The van der Waals surface area contributed by atoms with Crippen molar-refractivity contribution in [3.8, 4) is 0 Å². The van der Waals surface area contributed by atoms with Crippen molar-refractivity contribution in [1.29, 1.82) is 0 Å². The van der Waals surface area contributed by atoms with Gasteiger partial charge in [-0.25, -0.2) is 9.97 Å². The van der Waals surface area contributed by atoms with Crippen molar-refractivity contribution in [2.24, 2.45) is 0 Å². The molecule has 0 aliphatic carbocycles. The second-order valence-corrected chi connectivity index (χ2v) is 7.32. The van der Waals surface area contributed by atoms with E-state index in [0.29, 0.717) is 37.8 Å². The third kappa shape index (κ3) is 2.72. The van der Waals surface area contributed by atoms with Crippen LogP contribution in [0.2, 0.25) is 0 Å². The number of hydrogen-bond donors (Lipinski definition) is 0. The Morgan fingerprint density at radius 1 is 1.35 bits per heavy atom. The minimum absolute atomic E-state index is 0.0145. The number of aromatic nitrogens is 3. The number of rotatable bonds is 2. The summed E-state index contributed by atoms with van der Waals surface area (Å²) in [5.41, 5.74) is 3.42. The van der Waals surface area contributed by atoms with Gasteiger partial charge in [0.2, 0.25) is 5.95 Å². The highest BCUT2D eigenvalue weighted by molar-refractivity contribution is 5.94. The number of likely N-dealkylation sites (tertiary alicyclic amines) is 1. The summed E-state index contributed by atoms with van der Waals surface area (Å²) in [4.78, 5) is 30.2. The second-order valence-electron chi connectivity index (χ2n) is 7.32. The summed E-state index contributed by atoms with van der Waals surface area (Å²) in [6.07, 6.45) is 4.14. The van der Waals surface area contributed by atoms with Gasteiger partial charge in [0.15, 0.2) is 0 Å². The van der Waals surface area contributed by atoms with Crippen LogP contribution in [0.15, 0.2) is 24.5 Å². The summed E-state index contributed by atoms with van der Waals surface area (Å²) in [6.45, 7) is 4.42. The lowest BCUT2D eigenvalue weighted by molar-refractivity contribution is 0.0480. The van der Waals surface area contributed by atoms with E-state index in [0.717, 1.165) is 23.4 Å². The Morgan fingerprint density at radius 2 is 2.19 bits per heavy atom. The smallest absolute Gasteiger partial charge is 0.255 e. The fourth-order valence-corrected chi connectivity index (χ4v) is 3.84. The highest BCUT2D eigenvalue weighted by atomic mass is 16.5.